The number of H-pyrrole nitrogens is 1. The molecule has 0 aliphatic carbocycles. The summed E-state index contributed by atoms with van der Waals surface area (Å²) < 4.78 is 0. The smallest absolute Gasteiger partial charge is 0.229 e. The molecule has 1 aromatic heterocycles. The van der Waals surface area contributed by atoms with Crippen molar-refractivity contribution in [1.82, 2.24) is 10.3 Å². The molecule has 0 fully saturated rings. The van der Waals surface area contributed by atoms with Crippen LogP contribution in [0.3, 0.4) is 0 Å². The lowest BCUT2D eigenvalue weighted by Crippen LogP contribution is -2.36. The Morgan fingerprint density at radius 1 is 1.09 bits per heavy atom. The molecule has 0 saturated carbocycles. The van der Waals surface area contributed by atoms with Crippen molar-refractivity contribution in [2.24, 2.45) is 17.0 Å². The summed E-state index contributed by atoms with van der Waals surface area (Å²) in [6.45, 7) is 6.14. The largest absolute Gasteiger partial charge is 0.391 e. The molecule has 0 aliphatic rings. The Labute approximate surface area is 195 Å². The van der Waals surface area contributed by atoms with Gasteiger partial charge in [0.25, 0.3) is 0 Å². The number of rotatable bonds is 12. The molecule has 2 N–H and O–H groups in total. The molecule has 2 atom stereocenters. The number of ketones is 1. The van der Waals surface area contributed by atoms with Gasteiger partial charge in [-0.3, -0.25) is 9.59 Å². The summed E-state index contributed by atoms with van der Waals surface area (Å²) in [7, 11) is 0. The Kier molecular flexibility index (Phi) is 8.81. The van der Waals surface area contributed by atoms with Gasteiger partial charge < -0.3 is 15.1 Å². The number of carbonyl (C=O) groups is 2. The van der Waals surface area contributed by atoms with Crippen molar-refractivity contribution in [2.75, 3.05) is 0 Å². The van der Waals surface area contributed by atoms with E-state index in [0.29, 0.717) is 13.0 Å². The van der Waals surface area contributed by atoms with Crippen LogP contribution in [0.25, 0.3) is 10.9 Å². The summed E-state index contributed by atoms with van der Waals surface area (Å²) in [4.78, 5) is 34.5. The summed E-state index contributed by atoms with van der Waals surface area (Å²) in [5.74, 6) is -0.588. The second-order valence-corrected chi connectivity index (χ2v) is 8.58. The van der Waals surface area contributed by atoms with Crippen molar-refractivity contribution in [2.45, 2.75) is 52.7 Å². The minimum absolute atomic E-state index is 0.103. The van der Waals surface area contributed by atoms with Crippen LogP contribution >= 0.6 is 0 Å². The van der Waals surface area contributed by atoms with Gasteiger partial charge in [0.15, 0.2) is 0 Å². The minimum Gasteiger partial charge on any atom is -0.391 e. The van der Waals surface area contributed by atoms with Gasteiger partial charge in [-0.15, -0.1) is 0 Å². The number of aromatic nitrogens is 1. The van der Waals surface area contributed by atoms with Gasteiger partial charge in [-0.25, -0.2) is 0 Å². The van der Waals surface area contributed by atoms with Crippen LogP contribution < -0.4 is 5.32 Å². The van der Waals surface area contributed by atoms with Crippen molar-refractivity contribution in [1.29, 1.82) is 0 Å². The first-order valence-corrected chi connectivity index (χ1v) is 11.6. The first-order chi connectivity index (χ1) is 16.0. The van der Waals surface area contributed by atoms with Crippen LogP contribution in [-0.4, -0.2) is 22.9 Å². The fourth-order valence-electron chi connectivity index (χ4n) is 3.72. The highest BCUT2D eigenvalue weighted by molar-refractivity contribution is 5.94. The highest BCUT2D eigenvalue weighted by Crippen LogP contribution is 2.28. The van der Waals surface area contributed by atoms with Crippen molar-refractivity contribution in [3.05, 3.63) is 71.9 Å². The number of benzene rings is 2. The standard InChI is InChI=1S/C27H33N3O3/c1-4-10-21(16-29-33-18-20-11-6-5-7-12-20)27(32)30-25(15-26(31)19(2)3)23-17-28-24-14-9-8-13-22(23)24/h5-9,11-14,16-17,19,21,25,28H,4,10,15,18H2,1-3H3,(H,30,32)/b29-16+. The summed E-state index contributed by atoms with van der Waals surface area (Å²) in [5, 5.41) is 8.18. The van der Waals surface area contributed by atoms with E-state index in [1.165, 1.54) is 0 Å². The Morgan fingerprint density at radius 2 is 1.82 bits per heavy atom. The van der Waals surface area contributed by atoms with Crippen molar-refractivity contribution in [3.8, 4) is 0 Å². The monoisotopic (exact) mass is 447 g/mol. The van der Waals surface area contributed by atoms with Gasteiger partial charge in [-0.1, -0.05) is 80.9 Å². The second-order valence-electron chi connectivity index (χ2n) is 8.58. The molecule has 6 heteroatoms. The fourth-order valence-corrected chi connectivity index (χ4v) is 3.72. The molecule has 33 heavy (non-hydrogen) atoms. The molecule has 0 spiro atoms. The Balaban J connectivity index is 1.73. The SMILES string of the molecule is CCCC(/C=N/OCc1ccccc1)C(=O)NC(CC(=O)C(C)C)c1c[nH]c2ccccc12. The second kappa shape index (κ2) is 12.0. The Hall–Kier alpha value is -3.41. The molecule has 2 unspecified atom stereocenters. The molecule has 0 saturated heterocycles. The van der Waals surface area contributed by atoms with Crippen molar-refractivity contribution >= 4 is 28.8 Å². The number of nitrogens with one attached hydrogen (secondary N) is 2. The number of carbonyl (C=O) groups excluding carboxylic acids is 2. The molecule has 1 heterocycles. The number of fused-ring (bicyclic) bond motifs is 1. The molecule has 1 amide bonds. The van der Waals surface area contributed by atoms with Crippen molar-refractivity contribution < 1.29 is 14.4 Å². The first kappa shape index (κ1) is 24.2. The minimum atomic E-state index is -0.437. The zero-order valence-corrected chi connectivity index (χ0v) is 19.6. The molecule has 0 bridgehead atoms. The van der Waals surface area contributed by atoms with E-state index in [-0.39, 0.29) is 24.0 Å². The molecular weight excluding hydrogens is 414 g/mol. The third kappa shape index (κ3) is 6.78. The molecule has 6 nitrogen and oxygen atoms in total. The van der Waals surface area contributed by atoms with Crippen LogP contribution in [0.1, 0.15) is 57.2 Å². The number of amides is 1. The number of hydrogen-bond donors (Lipinski definition) is 2. The number of aromatic amines is 1. The third-order valence-corrected chi connectivity index (χ3v) is 5.69. The third-order valence-electron chi connectivity index (χ3n) is 5.69. The van der Waals surface area contributed by atoms with Crippen LogP contribution in [0.2, 0.25) is 0 Å². The molecule has 2 aromatic carbocycles. The van der Waals surface area contributed by atoms with Crippen LogP contribution in [0.4, 0.5) is 0 Å². The van der Waals surface area contributed by atoms with E-state index in [4.69, 9.17) is 4.84 Å². The predicted octanol–water partition coefficient (Wildman–Crippen LogP) is 5.56. The topological polar surface area (TPSA) is 83.5 Å². The highest BCUT2D eigenvalue weighted by Gasteiger charge is 2.25. The number of oxime groups is 1. The van der Waals surface area contributed by atoms with E-state index in [0.717, 1.165) is 28.5 Å². The van der Waals surface area contributed by atoms with Gasteiger partial charge in [0, 0.05) is 35.0 Å². The molecule has 0 aliphatic heterocycles. The van der Waals surface area contributed by atoms with Gasteiger partial charge in [-0.05, 0) is 18.1 Å². The van der Waals surface area contributed by atoms with E-state index in [2.05, 4.69) is 15.5 Å². The zero-order valence-electron chi connectivity index (χ0n) is 19.6. The van der Waals surface area contributed by atoms with Gasteiger partial charge >= 0.3 is 0 Å². The summed E-state index contributed by atoms with van der Waals surface area (Å²) in [6, 6.07) is 17.2. The average molecular weight is 448 g/mol. The number of Topliss-reactive ketones (excluding diaryl/α,β-unsaturated/α-hetero) is 1. The Morgan fingerprint density at radius 3 is 2.55 bits per heavy atom. The quantitative estimate of drug-likeness (QED) is 0.282. The van der Waals surface area contributed by atoms with E-state index >= 15 is 0 Å². The molecular formula is C27H33N3O3. The summed E-state index contributed by atoms with van der Waals surface area (Å²) >= 11 is 0. The predicted molar refractivity (Wildman–Crippen MR) is 132 cm³/mol. The zero-order chi connectivity index (χ0) is 23.6. The number of hydrogen-bond acceptors (Lipinski definition) is 4. The van der Waals surface area contributed by atoms with Crippen LogP contribution in [-0.2, 0) is 21.0 Å². The van der Waals surface area contributed by atoms with Crippen LogP contribution in [0.15, 0.2) is 65.9 Å². The maximum Gasteiger partial charge on any atom is 0.229 e. The highest BCUT2D eigenvalue weighted by atomic mass is 16.6. The summed E-state index contributed by atoms with van der Waals surface area (Å²) in [6.07, 6.45) is 5.16. The lowest BCUT2D eigenvalue weighted by atomic mass is 9.95. The fraction of sp³-hybridized carbons (Fsp3) is 0.370. The number of para-hydroxylation sites is 1. The van der Waals surface area contributed by atoms with E-state index < -0.39 is 12.0 Å². The van der Waals surface area contributed by atoms with Gasteiger partial charge in [-0.2, -0.15) is 0 Å². The molecule has 3 aromatic rings. The maximum atomic E-state index is 13.2. The van der Waals surface area contributed by atoms with Gasteiger partial charge in [0.2, 0.25) is 5.91 Å². The van der Waals surface area contributed by atoms with Gasteiger partial charge in [0.1, 0.15) is 12.4 Å². The number of nitrogens with zero attached hydrogens (tertiary/aromatic N) is 1. The lowest BCUT2D eigenvalue weighted by Gasteiger charge is -2.21. The molecule has 174 valence electrons. The van der Waals surface area contributed by atoms with E-state index in [1.807, 2.05) is 81.6 Å². The Bertz CT molecular complexity index is 1070. The van der Waals surface area contributed by atoms with Crippen LogP contribution in [0, 0.1) is 11.8 Å². The molecule has 3 rings (SSSR count). The maximum absolute atomic E-state index is 13.2. The molecule has 0 radical (unpaired) electrons. The average Bonchev–Trinajstić information content (AvgIpc) is 3.25. The van der Waals surface area contributed by atoms with E-state index in [9.17, 15) is 9.59 Å². The lowest BCUT2D eigenvalue weighted by molar-refractivity contribution is -0.125. The van der Waals surface area contributed by atoms with Crippen molar-refractivity contribution in [3.63, 3.8) is 0 Å². The summed E-state index contributed by atoms with van der Waals surface area (Å²) in [5.41, 5.74) is 2.91. The normalized spacial score (nSPS) is 13.3. The van der Waals surface area contributed by atoms with Gasteiger partial charge in [0.05, 0.1) is 18.2 Å². The van der Waals surface area contributed by atoms with E-state index in [1.54, 1.807) is 6.21 Å². The first-order valence-electron chi connectivity index (χ1n) is 11.6. The van der Waals surface area contributed by atoms with Crippen LogP contribution in [0.5, 0.6) is 0 Å².